The molecule has 0 aliphatic carbocycles. The molecule has 0 amide bonds. The quantitative estimate of drug-likeness (QED) is 0.661. The molecule has 6 nitrogen and oxygen atoms in total. The molecule has 0 unspecified atom stereocenters. The van der Waals surface area contributed by atoms with Crippen molar-refractivity contribution in [2.45, 2.75) is 13.8 Å². The Balaban J connectivity index is 2.52. The van der Waals surface area contributed by atoms with Gasteiger partial charge in [-0.15, -0.1) is 0 Å². The molecule has 6 heteroatoms. The number of rotatable bonds is 4. The van der Waals surface area contributed by atoms with Crippen LogP contribution in [0.4, 0.5) is 17.1 Å². The van der Waals surface area contributed by atoms with Gasteiger partial charge < -0.3 is 10.4 Å². The summed E-state index contributed by atoms with van der Waals surface area (Å²) < 4.78 is 0. The first-order chi connectivity index (χ1) is 9.91. The van der Waals surface area contributed by atoms with Crippen molar-refractivity contribution in [3.8, 4) is 0 Å². The average molecular weight is 286 g/mol. The van der Waals surface area contributed by atoms with Crippen molar-refractivity contribution in [3.05, 3.63) is 63.2 Å². The van der Waals surface area contributed by atoms with E-state index in [4.69, 9.17) is 0 Å². The number of hydrogen-bond acceptors (Lipinski definition) is 4. The summed E-state index contributed by atoms with van der Waals surface area (Å²) in [7, 11) is 0. The molecule has 0 aliphatic rings. The Morgan fingerprint density at radius 3 is 2.48 bits per heavy atom. The summed E-state index contributed by atoms with van der Waals surface area (Å²) in [6, 6.07) is 9.52. The molecule has 0 saturated heterocycles. The van der Waals surface area contributed by atoms with Crippen LogP contribution in [0.25, 0.3) is 0 Å². The standard InChI is InChI=1S/C15H14N2O4/c1-9-7-8-13(17(20)21)10(2)14(9)16-12-6-4-3-5-11(12)15(18)19/h3-8,16H,1-2H3,(H,18,19). The lowest BCUT2D eigenvalue weighted by molar-refractivity contribution is -0.385. The molecule has 2 rings (SSSR count). The highest BCUT2D eigenvalue weighted by atomic mass is 16.6. The van der Waals surface area contributed by atoms with E-state index in [1.54, 1.807) is 31.2 Å². The van der Waals surface area contributed by atoms with Gasteiger partial charge in [0.15, 0.2) is 0 Å². The minimum atomic E-state index is -1.06. The number of anilines is 2. The Morgan fingerprint density at radius 1 is 1.19 bits per heavy atom. The number of nitro benzene ring substituents is 1. The lowest BCUT2D eigenvalue weighted by Gasteiger charge is -2.14. The number of aryl methyl sites for hydroxylation is 1. The third-order valence-corrected chi connectivity index (χ3v) is 3.26. The van der Waals surface area contributed by atoms with Crippen molar-refractivity contribution in [3.63, 3.8) is 0 Å². The molecule has 2 aromatic carbocycles. The Bertz CT molecular complexity index is 726. The molecule has 21 heavy (non-hydrogen) atoms. The number of carboxylic acid groups (broad SMARTS) is 1. The van der Waals surface area contributed by atoms with Crippen LogP contribution in [0.2, 0.25) is 0 Å². The molecule has 0 heterocycles. The van der Waals surface area contributed by atoms with Crippen LogP contribution >= 0.6 is 0 Å². The fraction of sp³-hybridized carbons (Fsp3) is 0.133. The van der Waals surface area contributed by atoms with Gasteiger partial charge >= 0.3 is 5.97 Å². The van der Waals surface area contributed by atoms with Gasteiger partial charge in [-0.1, -0.05) is 18.2 Å². The molecular weight excluding hydrogens is 272 g/mol. The lowest BCUT2D eigenvalue weighted by Crippen LogP contribution is -2.05. The van der Waals surface area contributed by atoms with Gasteiger partial charge in [-0.2, -0.15) is 0 Å². The molecule has 0 fully saturated rings. The number of nitro groups is 1. The topological polar surface area (TPSA) is 92.5 Å². The van der Waals surface area contributed by atoms with E-state index < -0.39 is 10.9 Å². The fourth-order valence-corrected chi connectivity index (χ4v) is 2.14. The van der Waals surface area contributed by atoms with Gasteiger partial charge in [-0.25, -0.2) is 4.79 Å². The smallest absolute Gasteiger partial charge is 0.337 e. The van der Waals surface area contributed by atoms with Crippen molar-refractivity contribution >= 4 is 23.0 Å². The molecule has 0 bridgehead atoms. The maximum Gasteiger partial charge on any atom is 0.337 e. The third kappa shape index (κ3) is 2.84. The number of aromatic carboxylic acids is 1. The zero-order chi connectivity index (χ0) is 15.6. The summed E-state index contributed by atoms with van der Waals surface area (Å²) >= 11 is 0. The number of benzene rings is 2. The second-order valence-corrected chi connectivity index (χ2v) is 4.63. The maximum atomic E-state index is 11.2. The van der Waals surface area contributed by atoms with Crippen molar-refractivity contribution in [2.75, 3.05) is 5.32 Å². The largest absolute Gasteiger partial charge is 0.478 e. The number of para-hydroxylation sites is 1. The average Bonchev–Trinajstić information content (AvgIpc) is 2.43. The number of nitrogens with zero attached hydrogens (tertiary/aromatic N) is 1. The molecule has 0 radical (unpaired) electrons. The van der Waals surface area contributed by atoms with Crippen molar-refractivity contribution in [1.82, 2.24) is 0 Å². The molecule has 2 N–H and O–H groups in total. The van der Waals surface area contributed by atoms with Crippen LogP contribution < -0.4 is 5.32 Å². The van der Waals surface area contributed by atoms with Gasteiger partial charge in [0.05, 0.1) is 27.4 Å². The maximum absolute atomic E-state index is 11.2. The Kier molecular flexibility index (Phi) is 3.89. The highest BCUT2D eigenvalue weighted by Crippen LogP contribution is 2.32. The van der Waals surface area contributed by atoms with Crippen LogP contribution in [0.15, 0.2) is 36.4 Å². The van der Waals surface area contributed by atoms with Gasteiger partial charge in [0.25, 0.3) is 5.69 Å². The molecule has 0 aromatic heterocycles. The van der Waals surface area contributed by atoms with Crippen LogP contribution in [0.3, 0.4) is 0 Å². The van der Waals surface area contributed by atoms with Crippen molar-refractivity contribution in [2.24, 2.45) is 0 Å². The molecular formula is C15H14N2O4. The first-order valence-corrected chi connectivity index (χ1v) is 6.25. The predicted octanol–water partition coefficient (Wildman–Crippen LogP) is 3.65. The number of carbonyl (C=O) groups is 1. The van der Waals surface area contributed by atoms with Crippen LogP contribution in [0, 0.1) is 24.0 Å². The second kappa shape index (κ2) is 5.62. The third-order valence-electron chi connectivity index (χ3n) is 3.26. The van der Waals surface area contributed by atoms with E-state index in [1.807, 2.05) is 6.92 Å². The second-order valence-electron chi connectivity index (χ2n) is 4.63. The Labute approximate surface area is 121 Å². The van der Waals surface area contributed by atoms with E-state index in [9.17, 15) is 20.0 Å². The van der Waals surface area contributed by atoms with Gasteiger partial charge in [-0.3, -0.25) is 10.1 Å². The summed E-state index contributed by atoms with van der Waals surface area (Å²) in [5, 5.41) is 23.2. The van der Waals surface area contributed by atoms with Crippen LogP contribution in [0.5, 0.6) is 0 Å². The van der Waals surface area contributed by atoms with Gasteiger partial charge in [-0.05, 0) is 31.5 Å². The van der Waals surface area contributed by atoms with Gasteiger partial charge in [0.1, 0.15) is 0 Å². The first kappa shape index (κ1) is 14.5. The van der Waals surface area contributed by atoms with E-state index in [0.717, 1.165) is 5.56 Å². The first-order valence-electron chi connectivity index (χ1n) is 6.25. The van der Waals surface area contributed by atoms with Crippen LogP contribution in [-0.2, 0) is 0 Å². The van der Waals surface area contributed by atoms with E-state index in [0.29, 0.717) is 16.9 Å². The summed E-state index contributed by atoms with van der Waals surface area (Å²) in [5.41, 5.74) is 2.34. The summed E-state index contributed by atoms with van der Waals surface area (Å²) in [6.07, 6.45) is 0. The molecule has 108 valence electrons. The van der Waals surface area contributed by atoms with Crippen LogP contribution in [-0.4, -0.2) is 16.0 Å². The van der Waals surface area contributed by atoms with Crippen molar-refractivity contribution in [1.29, 1.82) is 0 Å². The molecule has 0 aliphatic heterocycles. The van der Waals surface area contributed by atoms with Gasteiger partial charge in [0, 0.05) is 6.07 Å². The highest BCUT2D eigenvalue weighted by molar-refractivity contribution is 5.95. The Morgan fingerprint density at radius 2 is 1.86 bits per heavy atom. The van der Waals surface area contributed by atoms with E-state index in [-0.39, 0.29) is 11.3 Å². The Hall–Kier alpha value is -2.89. The van der Waals surface area contributed by atoms with Gasteiger partial charge in [0.2, 0.25) is 0 Å². The monoisotopic (exact) mass is 286 g/mol. The number of nitrogens with one attached hydrogen (secondary N) is 1. The highest BCUT2D eigenvalue weighted by Gasteiger charge is 2.17. The minimum absolute atomic E-state index is 0.00379. The molecule has 2 aromatic rings. The normalized spacial score (nSPS) is 10.2. The molecule has 0 atom stereocenters. The number of carboxylic acids is 1. The number of hydrogen-bond donors (Lipinski definition) is 2. The van der Waals surface area contributed by atoms with E-state index in [2.05, 4.69) is 5.32 Å². The minimum Gasteiger partial charge on any atom is -0.478 e. The summed E-state index contributed by atoms with van der Waals surface area (Å²) in [4.78, 5) is 21.8. The lowest BCUT2D eigenvalue weighted by atomic mass is 10.1. The zero-order valence-corrected chi connectivity index (χ0v) is 11.6. The SMILES string of the molecule is Cc1ccc([N+](=O)[O-])c(C)c1Nc1ccccc1C(=O)O. The predicted molar refractivity (Wildman–Crippen MR) is 79.3 cm³/mol. The summed E-state index contributed by atoms with van der Waals surface area (Å²) in [5.74, 6) is -1.06. The van der Waals surface area contributed by atoms with Crippen LogP contribution in [0.1, 0.15) is 21.5 Å². The molecule has 0 spiro atoms. The zero-order valence-electron chi connectivity index (χ0n) is 11.6. The van der Waals surface area contributed by atoms with E-state index in [1.165, 1.54) is 12.1 Å². The molecule has 0 saturated carbocycles. The van der Waals surface area contributed by atoms with E-state index >= 15 is 0 Å². The van der Waals surface area contributed by atoms with Crippen molar-refractivity contribution < 1.29 is 14.8 Å². The fourth-order valence-electron chi connectivity index (χ4n) is 2.14. The summed E-state index contributed by atoms with van der Waals surface area (Å²) in [6.45, 7) is 3.44.